The van der Waals surface area contributed by atoms with Crippen LogP contribution in [-0.4, -0.2) is 34.5 Å². The molecule has 0 bridgehead atoms. The summed E-state index contributed by atoms with van der Waals surface area (Å²) < 4.78 is 13.1. The highest BCUT2D eigenvalue weighted by atomic mass is 16.6. The summed E-state index contributed by atoms with van der Waals surface area (Å²) in [5.74, 6) is 0. The molecule has 6 heteroatoms. The smallest absolute Gasteiger partial charge is 0.408 e. The zero-order valence-corrected chi connectivity index (χ0v) is 14.9. The second kappa shape index (κ2) is 6.91. The van der Waals surface area contributed by atoms with Crippen LogP contribution < -0.4 is 5.32 Å². The van der Waals surface area contributed by atoms with Gasteiger partial charge >= 0.3 is 6.09 Å². The highest BCUT2D eigenvalue weighted by Crippen LogP contribution is 2.32. The number of amides is 1. The Labute approximate surface area is 138 Å². The zero-order chi connectivity index (χ0) is 17.1. The summed E-state index contributed by atoms with van der Waals surface area (Å²) in [5.41, 5.74) is 0.491. The van der Waals surface area contributed by atoms with Gasteiger partial charge in [-0.15, -0.1) is 0 Å². The summed E-state index contributed by atoms with van der Waals surface area (Å²) >= 11 is 0. The third kappa shape index (κ3) is 4.47. The van der Waals surface area contributed by atoms with Gasteiger partial charge in [-0.2, -0.15) is 0 Å². The summed E-state index contributed by atoms with van der Waals surface area (Å²) in [7, 11) is 0. The molecule has 0 aromatic carbocycles. The minimum atomic E-state index is -0.505. The van der Waals surface area contributed by atoms with Gasteiger partial charge in [0.25, 0.3) is 0 Å². The van der Waals surface area contributed by atoms with Gasteiger partial charge in [0.2, 0.25) is 0 Å². The van der Waals surface area contributed by atoms with Crippen LogP contribution in [0, 0.1) is 0 Å². The van der Waals surface area contributed by atoms with E-state index < -0.39 is 11.7 Å². The van der Waals surface area contributed by atoms with Crippen molar-refractivity contribution in [3.8, 4) is 0 Å². The third-order valence-electron chi connectivity index (χ3n) is 4.27. The molecule has 2 heterocycles. The van der Waals surface area contributed by atoms with Crippen LogP contribution in [0.4, 0.5) is 4.79 Å². The Kier molecular flexibility index (Phi) is 5.34. The predicted molar refractivity (Wildman–Crippen MR) is 88.3 cm³/mol. The Morgan fingerprint density at radius 2 is 2.13 bits per heavy atom. The number of ether oxygens (including phenoxy) is 2. The molecule has 1 saturated heterocycles. The fourth-order valence-corrected chi connectivity index (χ4v) is 2.90. The van der Waals surface area contributed by atoms with Crippen LogP contribution in [0.1, 0.15) is 65.6 Å². The maximum absolute atomic E-state index is 12.1. The quantitative estimate of drug-likeness (QED) is 0.922. The Bertz CT molecular complexity index is 527. The van der Waals surface area contributed by atoms with Crippen molar-refractivity contribution >= 4 is 6.09 Å². The van der Waals surface area contributed by atoms with Crippen LogP contribution in [0.25, 0.3) is 0 Å². The number of aromatic nitrogens is 2. The second-order valence-electron chi connectivity index (χ2n) is 7.40. The number of nitrogens with one attached hydrogen (secondary N) is 1. The van der Waals surface area contributed by atoms with E-state index in [-0.39, 0.29) is 11.6 Å². The highest BCUT2D eigenvalue weighted by molar-refractivity contribution is 5.68. The van der Waals surface area contributed by atoms with Gasteiger partial charge in [0, 0.05) is 18.8 Å². The molecule has 130 valence electrons. The largest absolute Gasteiger partial charge is 0.444 e. The minimum absolute atomic E-state index is 0.0207. The van der Waals surface area contributed by atoms with Gasteiger partial charge in [0.05, 0.1) is 24.3 Å². The number of carbonyl (C=O) groups excluding carboxylic acids is 1. The Balaban J connectivity index is 2.16. The highest BCUT2D eigenvalue weighted by Gasteiger charge is 2.32. The maximum atomic E-state index is 12.1. The van der Waals surface area contributed by atoms with Crippen molar-refractivity contribution in [2.24, 2.45) is 0 Å². The summed E-state index contributed by atoms with van der Waals surface area (Å²) in [6, 6.07) is -0.119. The van der Waals surface area contributed by atoms with Crippen molar-refractivity contribution in [3.05, 3.63) is 18.2 Å². The maximum Gasteiger partial charge on any atom is 0.408 e. The third-order valence-corrected chi connectivity index (χ3v) is 4.27. The summed E-state index contributed by atoms with van der Waals surface area (Å²) in [4.78, 5) is 16.4. The number of imidazole rings is 1. The van der Waals surface area contributed by atoms with E-state index >= 15 is 0 Å². The van der Waals surface area contributed by atoms with Gasteiger partial charge in [-0.1, -0.05) is 6.92 Å². The van der Waals surface area contributed by atoms with Crippen molar-refractivity contribution in [1.82, 2.24) is 14.9 Å². The molecule has 1 aromatic heterocycles. The van der Waals surface area contributed by atoms with E-state index in [2.05, 4.69) is 21.8 Å². The van der Waals surface area contributed by atoms with E-state index in [0.717, 1.165) is 38.2 Å². The zero-order valence-electron chi connectivity index (χ0n) is 14.9. The van der Waals surface area contributed by atoms with Crippen LogP contribution in [0.5, 0.6) is 0 Å². The molecule has 2 rings (SSSR count). The number of alkyl carbamates (subject to hydrolysis) is 1. The number of carbonyl (C=O) groups is 1. The van der Waals surface area contributed by atoms with Crippen LogP contribution in [0.2, 0.25) is 0 Å². The molecular weight excluding hydrogens is 294 g/mol. The van der Waals surface area contributed by atoms with Gasteiger partial charge in [-0.05, 0) is 47.0 Å². The molecule has 6 nitrogen and oxygen atoms in total. The molecule has 0 aliphatic carbocycles. The molecule has 1 atom stereocenters. The van der Waals surface area contributed by atoms with Crippen molar-refractivity contribution < 1.29 is 14.3 Å². The van der Waals surface area contributed by atoms with Crippen LogP contribution in [0.3, 0.4) is 0 Å². The lowest BCUT2D eigenvalue weighted by Crippen LogP contribution is -2.40. The van der Waals surface area contributed by atoms with Crippen molar-refractivity contribution in [3.63, 3.8) is 0 Å². The fourth-order valence-electron chi connectivity index (χ4n) is 2.90. The normalized spacial score (nSPS) is 19.2. The molecule has 0 saturated carbocycles. The minimum Gasteiger partial charge on any atom is -0.444 e. The number of rotatable bonds is 4. The first kappa shape index (κ1) is 17.8. The van der Waals surface area contributed by atoms with E-state index in [1.165, 1.54) is 0 Å². The second-order valence-corrected chi connectivity index (χ2v) is 7.40. The average Bonchev–Trinajstić information content (AvgIpc) is 2.93. The van der Waals surface area contributed by atoms with E-state index in [1.54, 1.807) is 0 Å². The molecule has 1 N–H and O–H groups in total. The topological polar surface area (TPSA) is 65.4 Å². The van der Waals surface area contributed by atoms with E-state index in [0.29, 0.717) is 0 Å². The molecule has 23 heavy (non-hydrogen) atoms. The Hall–Kier alpha value is -1.56. The first-order chi connectivity index (χ1) is 10.7. The monoisotopic (exact) mass is 323 g/mol. The van der Waals surface area contributed by atoms with Crippen molar-refractivity contribution in [2.45, 2.75) is 71.1 Å². The van der Waals surface area contributed by atoms with Gasteiger partial charge < -0.3 is 19.4 Å². The summed E-state index contributed by atoms with van der Waals surface area (Å²) in [6.45, 7) is 11.4. The van der Waals surface area contributed by atoms with E-state index in [4.69, 9.17) is 9.47 Å². The lowest BCUT2D eigenvalue weighted by Gasteiger charge is -2.37. The number of hydrogen-bond donors (Lipinski definition) is 1. The summed E-state index contributed by atoms with van der Waals surface area (Å²) in [6.07, 6.45) is 5.97. The van der Waals surface area contributed by atoms with Crippen molar-refractivity contribution in [2.75, 3.05) is 13.2 Å². The van der Waals surface area contributed by atoms with Crippen LogP contribution in [0.15, 0.2) is 12.5 Å². The Morgan fingerprint density at radius 3 is 2.70 bits per heavy atom. The molecule has 1 amide bonds. The van der Waals surface area contributed by atoms with Gasteiger partial charge in [0.15, 0.2) is 0 Å². The molecule has 1 fully saturated rings. The molecule has 0 spiro atoms. The lowest BCUT2D eigenvalue weighted by molar-refractivity contribution is 0.0269. The Morgan fingerprint density at radius 1 is 1.48 bits per heavy atom. The molecule has 0 unspecified atom stereocenters. The van der Waals surface area contributed by atoms with Gasteiger partial charge in [0.1, 0.15) is 5.60 Å². The molecular formula is C17H29N3O3. The van der Waals surface area contributed by atoms with Gasteiger partial charge in [-0.3, -0.25) is 0 Å². The summed E-state index contributed by atoms with van der Waals surface area (Å²) in [5, 5.41) is 2.97. The molecule has 0 radical (unpaired) electrons. The predicted octanol–water partition coefficient (Wildman–Crippen LogP) is 3.38. The molecule has 1 aromatic rings. The molecule has 1 aliphatic heterocycles. The SMILES string of the molecule is CC[C@@H](NC(=O)OC(C)(C)C)c1cncn1C1(C)CCOCC1. The first-order valence-electron chi connectivity index (χ1n) is 8.35. The van der Waals surface area contributed by atoms with E-state index in [1.807, 2.05) is 40.2 Å². The lowest BCUT2D eigenvalue weighted by atomic mass is 9.91. The number of hydrogen-bond acceptors (Lipinski definition) is 4. The standard InChI is InChI=1S/C17H29N3O3/c1-6-13(19-15(21)23-16(2,3)4)14-11-18-12-20(14)17(5)7-9-22-10-8-17/h11-13H,6-10H2,1-5H3,(H,19,21)/t13-/m1/s1. The fraction of sp³-hybridized carbons (Fsp3) is 0.765. The van der Waals surface area contributed by atoms with Crippen LogP contribution in [-0.2, 0) is 15.0 Å². The molecule has 1 aliphatic rings. The first-order valence-corrected chi connectivity index (χ1v) is 8.35. The van der Waals surface area contributed by atoms with Gasteiger partial charge in [-0.25, -0.2) is 9.78 Å². The average molecular weight is 323 g/mol. The van der Waals surface area contributed by atoms with Crippen LogP contribution >= 0.6 is 0 Å². The van der Waals surface area contributed by atoms with Crippen molar-refractivity contribution in [1.29, 1.82) is 0 Å². The van der Waals surface area contributed by atoms with E-state index in [9.17, 15) is 4.79 Å². The number of nitrogens with zero attached hydrogens (tertiary/aromatic N) is 2.